The van der Waals surface area contributed by atoms with E-state index in [2.05, 4.69) is 10.3 Å². The van der Waals surface area contributed by atoms with Crippen molar-refractivity contribution in [1.29, 1.82) is 0 Å². The van der Waals surface area contributed by atoms with Gasteiger partial charge in [-0.15, -0.1) is 0 Å². The molecule has 9 heteroatoms. The summed E-state index contributed by atoms with van der Waals surface area (Å²) in [5.41, 5.74) is 1.08. The van der Waals surface area contributed by atoms with E-state index in [-0.39, 0.29) is 37.1 Å². The second kappa shape index (κ2) is 9.46. The number of amides is 1. The molecule has 1 fully saturated rings. The number of aromatic nitrogens is 2. The Balaban J connectivity index is 1.81. The molecule has 0 saturated carbocycles. The maximum Gasteiger partial charge on any atom is 0.267 e. The molecule has 0 spiro atoms. The number of ether oxygens (including phenoxy) is 1. The van der Waals surface area contributed by atoms with Crippen LogP contribution in [0.4, 0.5) is 4.39 Å². The van der Waals surface area contributed by atoms with Gasteiger partial charge in [0.25, 0.3) is 11.5 Å². The number of carbonyl (C=O) groups excluding carboxylic acids is 1. The topological polar surface area (TPSA) is 114 Å². The summed E-state index contributed by atoms with van der Waals surface area (Å²) < 4.78 is 20.3. The van der Waals surface area contributed by atoms with Gasteiger partial charge in [0.1, 0.15) is 16.9 Å². The van der Waals surface area contributed by atoms with E-state index in [9.17, 15) is 19.1 Å². The minimum Gasteiger partial charge on any atom is -0.505 e. The van der Waals surface area contributed by atoms with Crippen LogP contribution in [0.1, 0.15) is 34.3 Å². The third-order valence-electron chi connectivity index (χ3n) is 5.49. The SMILES string of the molecule is O=C(NCCO)c1c(O)c2ncc(Cc3ccc(F)cc3)cc2n(CC2CCCO2)c1=O. The van der Waals surface area contributed by atoms with Crippen LogP contribution in [0.5, 0.6) is 5.75 Å². The minimum absolute atomic E-state index is 0.0501. The average molecular weight is 441 g/mol. The highest BCUT2D eigenvalue weighted by Gasteiger charge is 2.25. The summed E-state index contributed by atoms with van der Waals surface area (Å²) in [7, 11) is 0. The van der Waals surface area contributed by atoms with Crippen molar-refractivity contribution < 1.29 is 24.1 Å². The fourth-order valence-electron chi connectivity index (χ4n) is 3.92. The van der Waals surface area contributed by atoms with Gasteiger partial charge in [0.2, 0.25) is 0 Å². The molecule has 2 aromatic heterocycles. The number of hydrogen-bond acceptors (Lipinski definition) is 6. The number of rotatable bonds is 7. The van der Waals surface area contributed by atoms with Gasteiger partial charge >= 0.3 is 0 Å². The first-order valence-electron chi connectivity index (χ1n) is 10.5. The second-order valence-corrected chi connectivity index (χ2v) is 7.77. The molecule has 1 aliphatic heterocycles. The lowest BCUT2D eigenvalue weighted by molar-refractivity contribution is 0.0926. The Kier molecular flexibility index (Phi) is 6.48. The fourth-order valence-corrected chi connectivity index (χ4v) is 3.92. The number of aromatic hydroxyl groups is 1. The Morgan fingerprint density at radius 2 is 2.06 bits per heavy atom. The number of pyridine rings is 2. The first-order valence-corrected chi connectivity index (χ1v) is 10.5. The largest absolute Gasteiger partial charge is 0.505 e. The Bertz CT molecular complexity index is 1190. The van der Waals surface area contributed by atoms with Crippen LogP contribution in [0.3, 0.4) is 0 Å². The Morgan fingerprint density at radius 3 is 2.75 bits per heavy atom. The van der Waals surface area contributed by atoms with Crippen LogP contribution < -0.4 is 10.9 Å². The van der Waals surface area contributed by atoms with E-state index in [0.717, 1.165) is 24.0 Å². The zero-order valence-corrected chi connectivity index (χ0v) is 17.4. The van der Waals surface area contributed by atoms with E-state index in [1.165, 1.54) is 16.7 Å². The molecule has 0 aliphatic carbocycles. The van der Waals surface area contributed by atoms with Crippen LogP contribution >= 0.6 is 0 Å². The Hall–Kier alpha value is -3.30. The molecule has 1 unspecified atom stereocenters. The predicted octanol–water partition coefficient (Wildman–Crippen LogP) is 1.73. The Morgan fingerprint density at radius 1 is 1.28 bits per heavy atom. The first-order chi connectivity index (χ1) is 15.5. The van der Waals surface area contributed by atoms with Crippen molar-refractivity contribution in [3.63, 3.8) is 0 Å². The maximum atomic E-state index is 13.3. The molecule has 3 heterocycles. The van der Waals surface area contributed by atoms with E-state index in [1.54, 1.807) is 24.4 Å². The molecule has 1 saturated heterocycles. The van der Waals surface area contributed by atoms with Gasteiger partial charge in [0.05, 0.1) is 24.8 Å². The zero-order valence-electron chi connectivity index (χ0n) is 17.4. The maximum absolute atomic E-state index is 13.3. The van der Waals surface area contributed by atoms with E-state index < -0.39 is 22.8 Å². The minimum atomic E-state index is -0.776. The predicted molar refractivity (Wildman–Crippen MR) is 115 cm³/mol. The standard InChI is InChI=1S/C23H24FN3O5/c24-16-5-3-14(4-6-16)10-15-11-18-20(26-12-15)21(29)19(22(30)25-7-8-28)23(31)27(18)13-17-2-1-9-32-17/h3-6,11-12,17,28-29H,1-2,7-10,13H2,(H,25,30). The van der Waals surface area contributed by atoms with E-state index in [1.807, 2.05) is 0 Å². The van der Waals surface area contributed by atoms with E-state index in [4.69, 9.17) is 9.84 Å². The molecule has 8 nitrogen and oxygen atoms in total. The number of aliphatic hydroxyl groups excluding tert-OH is 1. The van der Waals surface area contributed by atoms with E-state index >= 15 is 0 Å². The van der Waals surface area contributed by atoms with Gasteiger partial charge in [0.15, 0.2) is 5.75 Å². The molecular formula is C23H24FN3O5. The molecule has 168 valence electrons. The molecule has 4 rings (SSSR count). The van der Waals surface area contributed by atoms with Gasteiger partial charge in [-0.05, 0) is 48.6 Å². The van der Waals surface area contributed by atoms with E-state index in [0.29, 0.717) is 18.5 Å². The molecule has 3 N–H and O–H groups in total. The summed E-state index contributed by atoms with van der Waals surface area (Å²) in [4.78, 5) is 30.1. The van der Waals surface area contributed by atoms with Crippen molar-refractivity contribution in [2.45, 2.75) is 31.9 Å². The second-order valence-electron chi connectivity index (χ2n) is 7.77. The number of nitrogens with zero attached hydrogens (tertiary/aromatic N) is 2. The number of nitrogens with one attached hydrogen (secondary N) is 1. The third-order valence-corrected chi connectivity index (χ3v) is 5.49. The van der Waals surface area contributed by atoms with Gasteiger partial charge in [-0.25, -0.2) is 4.39 Å². The zero-order chi connectivity index (χ0) is 22.7. The van der Waals surface area contributed by atoms with Crippen LogP contribution in [0.2, 0.25) is 0 Å². The van der Waals surface area contributed by atoms with Crippen LogP contribution in [0.15, 0.2) is 41.3 Å². The highest BCUT2D eigenvalue weighted by molar-refractivity contribution is 6.01. The van der Waals surface area contributed by atoms with Gasteiger partial charge < -0.3 is 24.8 Å². The van der Waals surface area contributed by atoms with Crippen molar-refractivity contribution >= 4 is 16.9 Å². The molecule has 1 atom stereocenters. The number of hydrogen-bond donors (Lipinski definition) is 3. The normalized spacial score (nSPS) is 15.9. The summed E-state index contributed by atoms with van der Waals surface area (Å²) >= 11 is 0. The van der Waals surface area contributed by atoms with Crippen LogP contribution in [-0.4, -0.2) is 51.5 Å². The van der Waals surface area contributed by atoms with Gasteiger partial charge in [-0.2, -0.15) is 0 Å². The van der Waals surface area contributed by atoms with Crippen molar-refractivity contribution in [2.75, 3.05) is 19.8 Å². The summed E-state index contributed by atoms with van der Waals surface area (Å²) in [5, 5.41) is 22.1. The summed E-state index contributed by atoms with van der Waals surface area (Å²) in [6.07, 6.45) is 3.49. The molecule has 0 radical (unpaired) electrons. The lowest BCUT2D eigenvalue weighted by Gasteiger charge is -2.18. The van der Waals surface area contributed by atoms with Crippen LogP contribution in [0, 0.1) is 5.82 Å². The highest BCUT2D eigenvalue weighted by atomic mass is 19.1. The lowest BCUT2D eigenvalue weighted by atomic mass is 10.0. The molecule has 1 aromatic carbocycles. The third kappa shape index (κ3) is 4.49. The van der Waals surface area contributed by atoms with Crippen molar-refractivity contribution in [2.24, 2.45) is 0 Å². The molecule has 0 bridgehead atoms. The fraction of sp³-hybridized carbons (Fsp3) is 0.348. The highest BCUT2D eigenvalue weighted by Crippen LogP contribution is 2.27. The number of aliphatic hydroxyl groups is 1. The molecule has 32 heavy (non-hydrogen) atoms. The van der Waals surface area contributed by atoms with Crippen molar-refractivity contribution in [1.82, 2.24) is 14.9 Å². The Labute approximate surface area is 183 Å². The molecular weight excluding hydrogens is 417 g/mol. The van der Waals surface area contributed by atoms with Crippen LogP contribution in [-0.2, 0) is 17.7 Å². The summed E-state index contributed by atoms with van der Waals surface area (Å²) in [6.45, 7) is 0.478. The lowest BCUT2D eigenvalue weighted by Crippen LogP contribution is -2.36. The quantitative estimate of drug-likeness (QED) is 0.515. The van der Waals surface area contributed by atoms with Crippen LogP contribution in [0.25, 0.3) is 11.0 Å². The molecule has 1 aliphatic rings. The summed E-state index contributed by atoms with van der Waals surface area (Å²) in [5.74, 6) is -1.60. The van der Waals surface area contributed by atoms with Gasteiger partial charge in [-0.3, -0.25) is 14.6 Å². The van der Waals surface area contributed by atoms with Crippen molar-refractivity contribution in [3.8, 4) is 5.75 Å². The number of carbonyl (C=O) groups is 1. The van der Waals surface area contributed by atoms with Gasteiger partial charge in [0, 0.05) is 19.3 Å². The molecule has 3 aromatic rings. The smallest absolute Gasteiger partial charge is 0.267 e. The number of benzene rings is 1. The summed E-state index contributed by atoms with van der Waals surface area (Å²) in [6, 6.07) is 7.84. The van der Waals surface area contributed by atoms with Gasteiger partial charge in [-0.1, -0.05) is 12.1 Å². The number of fused-ring (bicyclic) bond motifs is 1. The monoisotopic (exact) mass is 441 g/mol. The number of halogens is 1. The van der Waals surface area contributed by atoms with Crippen molar-refractivity contribution in [3.05, 3.63) is 69.4 Å². The first kappa shape index (κ1) is 21.9. The molecule has 1 amide bonds. The average Bonchev–Trinajstić information content (AvgIpc) is 3.30.